The van der Waals surface area contributed by atoms with E-state index in [9.17, 15) is 24.3 Å². The molecule has 7 rings (SSSR count). The van der Waals surface area contributed by atoms with E-state index in [1.54, 1.807) is 74.8 Å². The van der Waals surface area contributed by atoms with Crippen LogP contribution in [0.1, 0.15) is 55.9 Å². The Morgan fingerprint density at radius 1 is 0.852 bits per heavy atom. The van der Waals surface area contributed by atoms with Gasteiger partial charge in [0, 0.05) is 37.2 Å². The highest BCUT2D eigenvalue weighted by Gasteiger charge is 2.32. The van der Waals surface area contributed by atoms with E-state index < -0.39 is 30.2 Å². The number of benzene rings is 1. The van der Waals surface area contributed by atoms with E-state index in [1.165, 1.54) is 26.9 Å². The number of anilines is 1. The largest absolute Gasteiger partial charge is 0.464 e. The number of aliphatic hydroxyl groups is 1. The van der Waals surface area contributed by atoms with Gasteiger partial charge in [0.2, 0.25) is 6.10 Å². The summed E-state index contributed by atoms with van der Waals surface area (Å²) >= 11 is 0. The molecule has 3 aliphatic rings. The number of ether oxygens (including phenoxy) is 5. The first-order valence-corrected chi connectivity index (χ1v) is 18.1. The lowest BCUT2D eigenvalue weighted by Crippen LogP contribution is -2.35. The average Bonchev–Trinajstić information content (AvgIpc) is 3.85. The van der Waals surface area contributed by atoms with Crippen LogP contribution in [0.5, 0.6) is 0 Å². The van der Waals surface area contributed by atoms with Crippen molar-refractivity contribution in [3.63, 3.8) is 0 Å². The zero-order valence-electron chi connectivity index (χ0n) is 30.8. The number of aromatic nitrogens is 6. The normalized spacial score (nSPS) is 15.5. The summed E-state index contributed by atoms with van der Waals surface area (Å²) in [7, 11) is 0. The van der Waals surface area contributed by atoms with E-state index in [4.69, 9.17) is 9.47 Å². The van der Waals surface area contributed by atoms with Gasteiger partial charge in [0.1, 0.15) is 0 Å². The van der Waals surface area contributed by atoms with Crippen molar-refractivity contribution >= 4 is 29.7 Å². The molecule has 17 nitrogen and oxygen atoms in total. The van der Waals surface area contributed by atoms with E-state index in [2.05, 4.69) is 46.0 Å². The number of aryl methyl sites for hydroxylation is 2. The summed E-state index contributed by atoms with van der Waals surface area (Å²) in [6.07, 6.45) is 13.2. The Morgan fingerprint density at radius 3 is 1.93 bits per heavy atom. The number of carbonyl (C=O) groups is 4. The smallest absolute Gasteiger partial charge is 0.412 e. The predicted molar refractivity (Wildman–Crippen MR) is 193 cm³/mol. The van der Waals surface area contributed by atoms with Gasteiger partial charge in [-0.15, -0.1) is 0 Å². The van der Waals surface area contributed by atoms with E-state index in [1.807, 2.05) is 6.07 Å². The minimum Gasteiger partial charge on any atom is -0.464 e. The topological polar surface area (TPSA) is 214 Å². The Kier molecular flexibility index (Phi) is 16.7. The Labute approximate surface area is 313 Å². The third kappa shape index (κ3) is 13.1. The molecule has 3 atom stereocenters. The molecule has 0 radical (unpaired) electrons. The van der Waals surface area contributed by atoms with Crippen molar-refractivity contribution in [2.75, 3.05) is 31.7 Å². The molecule has 0 saturated carbocycles. The fourth-order valence-corrected chi connectivity index (χ4v) is 5.73. The van der Waals surface area contributed by atoms with Gasteiger partial charge in [-0.2, -0.15) is 15.3 Å². The van der Waals surface area contributed by atoms with Crippen LogP contribution in [0.4, 0.5) is 10.5 Å². The highest BCUT2D eigenvalue weighted by molar-refractivity contribution is 5.90. The number of epoxide rings is 1. The van der Waals surface area contributed by atoms with Crippen LogP contribution < -0.4 is 5.32 Å². The van der Waals surface area contributed by atoms with Crippen molar-refractivity contribution in [2.45, 2.75) is 90.7 Å². The van der Waals surface area contributed by atoms with Crippen molar-refractivity contribution in [1.29, 1.82) is 0 Å². The first-order chi connectivity index (χ1) is 26.2. The molecule has 4 heterocycles. The number of aliphatic hydroxyl groups excluding tert-OH is 1. The maximum atomic E-state index is 12.7. The van der Waals surface area contributed by atoms with Crippen molar-refractivity contribution in [3.05, 3.63) is 83.7 Å². The second-order valence-corrected chi connectivity index (χ2v) is 12.1. The molecule has 0 bridgehead atoms. The molecule has 17 heteroatoms. The number of esters is 3. The number of aromatic amines is 1. The predicted octanol–water partition coefficient (Wildman–Crippen LogP) is 3.21. The second-order valence-electron chi connectivity index (χ2n) is 12.1. The number of hydrogen-bond acceptors (Lipinski definition) is 13. The van der Waals surface area contributed by atoms with Gasteiger partial charge in [-0.05, 0) is 99.7 Å². The summed E-state index contributed by atoms with van der Waals surface area (Å²) in [5.41, 5.74) is 5.99. The number of hydrogen-bond donors (Lipinski definition) is 3. The van der Waals surface area contributed by atoms with E-state index in [0.29, 0.717) is 13.2 Å². The lowest BCUT2D eigenvalue weighted by molar-refractivity contribution is -0.154. The van der Waals surface area contributed by atoms with Gasteiger partial charge < -0.3 is 28.8 Å². The maximum absolute atomic E-state index is 12.7. The molecule has 0 spiro atoms. The Morgan fingerprint density at radius 2 is 1.44 bits per heavy atom. The van der Waals surface area contributed by atoms with Crippen molar-refractivity contribution in [3.8, 4) is 0 Å². The van der Waals surface area contributed by atoms with Gasteiger partial charge in [0.25, 0.3) is 0 Å². The number of nitrogens with one attached hydrogen (secondary N) is 2. The second kappa shape index (κ2) is 21.9. The highest BCUT2D eigenvalue weighted by atomic mass is 16.6. The Bertz CT molecular complexity index is 1680. The van der Waals surface area contributed by atoms with E-state index >= 15 is 0 Å². The Balaban J connectivity index is 0.000000204. The lowest BCUT2D eigenvalue weighted by atomic mass is 9.99. The third-order valence-corrected chi connectivity index (χ3v) is 8.18. The molecule has 292 valence electrons. The summed E-state index contributed by atoms with van der Waals surface area (Å²) in [4.78, 5) is 46.4. The third-order valence-electron chi connectivity index (χ3n) is 8.18. The van der Waals surface area contributed by atoms with Gasteiger partial charge in [-0.1, -0.05) is 6.07 Å². The molecule has 3 aromatic heterocycles. The van der Waals surface area contributed by atoms with E-state index in [0.717, 1.165) is 44.2 Å². The van der Waals surface area contributed by atoms with Crippen molar-refractivity contribution in [2.24, 2.45) is 0 Å². The monoisotopic (exact) mass is 751 g/mol. The Hall–Kier alpha value is -5.55. The standard InChI is InChI=1S/C21H25N3O4.C8H12N2O3.C5H8O3.C3H4N2/c1-2-27-20(25)18(13-24-11-5-10-22-24)28-21(26)23-19-16-8-3-6-14(16)12-15-7-4-9-17(15)19;1-2-13-8(12)7(11)6-10-5-3-4-9-10;1-2-7-5(6)4-3-8-4;1-2-4-5-3-1/h5,10-12,18H,2-4,6-9,13H2,1H3,(H,23,26);3-5,7,11H,2,6H2,1H3;4H,2-3H2,1H3;1-3H,(H,4,5). The quantitative estimate of drug-likeness (QED) is 0.108. The minimum absolute atomic E-state index is 0.115. The minimum atomic E-state index is -1.14. The fourth-order valence-electron chi connectivity index (χ4n) is 5.73. The zero-order valence-corrected chi connectivity index (χ0v) is 30.8. The summed E-state index contributed by atoms with van der Waals surface area (Å²) in [6.45, 7) is 6.92. The number of nitrogens with zero attached hydrogens (tertiary/aromatic N) is 5. The zero-order chi connectivity index (χ0) is 38.7. The van der Waals surface area contributed by atoms with Gasteiger partial charge >= 0.3 is 24.0 Å². The summed E-state index contributed by atoms with van der Waals surface area (Å²) in [6, 6.07) is 7.61. The van der Waals surface area contributed by atoms with Gasteiger partial charge in [0.05, 0.1) is 45.2 Å². The van der Waals surface area contributed by atoms with Gasteiger partial charge in [-0.25, -0.2) is 19.2 Å². The van der Waals surface area contributed by atoms with Crippen molar-refractivity contribution < 1.29 is 48.0 Å². The first kappa shape index (κ1) is 41.2. The highest BCUT2D eigenvalue weighted by Crippen LogP contribution is 2.38. The SMILES string of the molecule is CCOC(=O)C(Cn1cccn1)OC(=O)Nc1c2c(cc3c1CCC3)CCC2.CCOC(=O)C(O)Cn1cccn1.CCOC(=O)C1CO1.c1cn[nH]c1. The first-order valence-electron chi connectivity index (χ1n) is 18.1. The molecular formula is C37H49N7O10. The number of rotatable bonds is 12. The molecule has 2 aliphatic carbocycles. The molecule has 1 aromatic carbocycles. The molecular weight excluding hydrogens is 702 g/mol. The fraction of sp³-hybridized carbons (Fsp3) is 0.486. The van der Waals surface area contributed by atoms with Crippen molar-refractivity contribution in [1.82, 2.24) is 29.8 Å². The van der Waals surface area contributed by atoms with E-state index in [-0.39, 0.29) is 38.4 Å². The number of H-pyrrole nitrogens is 1. The van der Waals surface area contributed by atoms with Crippen LogP contribution >= 0.6 is 0 Å². The van der Waals surface area contributed by atoms with Gasteiger partial charge in [0.15, 0.2) is 12.2 Å². The number of carbonyl (C=O) groups excluding carboxylic acids is 4. The molecule has 1 fully saturated rings. The summed E-state index contributed by atoms with van der Waals surface area (Å²) in [5, 5.41) is 26.4. The summed E-state index contributed by atoms with van der Waals surface area (Å²) < 4.78 is 27.4. The molecule has 54 heavy (non-hydrogen) atoms. The summed E-state index contributed by atoms with van der Waals surface area (Å²) in [5.74, 6) is -1.41. The number of amides is 1. The lowest BCUT2D eigenvalue weighted by Gasteiger charge is -2.19. The molecule has 3 unspecified atom stereocenters. The molecule has 3 N–H and O–H groups in total. The van der Waals surface area contributed by atoms with Crippen LogP contribution in [-0.2, 0) is 76.8 Å². The van der Waals surface area contributed by atoms with Crippen LogP contribution in [0.25, 0.3) is 0 Å². The van der Waals surface area contributed by atoms with Gasteiger partial charge in [-0.3, -0.25) is 19.8 Å². The number of fused-ring (bicyclic) bond motifs is 2. The van der Waals surface area contributed by atoms with Crippen LogP contribution in [-0.4, -0.2) is 104 Å². The average molecular weight is 752 g/mol. The van der Waals surface area contributed by atoms with Crippen LogP contribution in [0.2, 0.25) is 0 Å². The molecule has 1 aliphatic heterocycles. The van der Waals surface area contributed by atoms with Crippen LogP contribution in [0.15, 0.2) is 61.4 Å². The molecule has 1 saturated heterocycles. The molecule has 4 aromatic rings. The molecule has 1 amide bonds. The van der Waals surface area contributed by atoms with Crippen LogP contribution in [0, 0.1) is 0 Å². The van der Waals surface area contributed by atoms with Crippen LogP contribution in [0.3, 0.4) is 0 Å². The maximum Gasteiger partial charge on any atom is 0.412 e.